The first-order valence-corrected chi connectivity index (χ1v) is 4.93. The second-order valence-electron chi connectivity index (χ2n) is 3.54. The number of pyridine rings is 1. The zero-order valence-electron chi connectivity index (χ0n) is 9.09. The Kier molecular flexibility index (Phi) is 4.60. The van der Waals surface area contributed by atoms with E-state index in [9.17, 15) is 9.59 Å². The summed E-state index contributed by atoms with van der Waals surface area (Å²) in [5.74, 6) is -0.890. The maximum absolute atomic E-state index is 11.7. The van der Waals surface area contributed by atoms with E-state index in [-0.39, 0.29) is 18.7 Å². The minimum Gasteiger partial charge on any atom is -0.481 e. The molecule has 0 aromatic carbocycles. The monoisotopic (exact) mass is 222 g/mol. The molecule has 1 rings (SSSR count). The van der Waals surface area contributed by atoms with Crippen LogP contribution < -0.4 is 0 Å². The van der Waals surface area contributed by atoms with Crippen molar-refractivity contribution in [1.29, 1.82) is 0 Å². The molecule has 0 bridgehead atoms. The smallest absolute Gasteiger partial charge is 0.304 e. The summed E-state index contributed by atoms with van der Waals surface area (Å²) < 4.78 is 0. The average Bonchev–Trinajstić information content (AvgIpc) is 2.27. The van der Waals surface area contributed by atoms with Gasteiger partial charge in [-0.1, -0.05) is 0 Å². The fraction of sp³-hybridized carbons (Fsp3) is 0.364. The number of aliphatic carboxylic acids is 1. The molecule has 1 aromatic rings. The second-order valence-corrected chi connectivity index (χ2v) is 3.54. The minimum atomic E-state index is -0.858. The summed E-state index contributed by atoms with van der Waals surface area (Å²) in [4.78, 5) is 27.5. The third-order valence-electron chi connectivity index (χ3n) is 2.12. The maximum Gasteiger partial charge on any atom is 0.304 e. The molecule has 0 spiro atoms. The van der Waals surface area contributed by atoms with Gasteiger partial charge in [0.1, 0.15) is 0 Å². The Morgan fingerprint density at radius 1 is 1.38 bits per heavy atom. The molecular weight excluding hydrogens is 208 g/mol. The van der Waals surface area contributed by atoms with E-state index in [0.717, 1.165) is 0 Å². The minimum absolute atomic E-state index is 0.0321. The molecule has 5 heteroatoms. The highest BCUT2D eigenvalue weighted by molar-refractivity contribution is 5.97. The summed E-state index contributed by atoms with van der Waals surface area (Å²) in [5.41, 5.74) is 0.595. The van der Waals surface area contributed by atoms with Crippen molar-refractivity contribution in [2.75, 3.05) is 20.1 Å². The van der Waals surface area contributed by atoms with Gasteiger partial charge in [0.2, 0.25) is 0 Å². The summed E-state index contributed by atoms with van der Waals surface area (Å²) in [5, 5.41) is 8.49. The molecule has 1 heterocycles. The number of rotatable bonds is 6. The number of nitrogens with zero attached hydrogens (tertiary/aromatic N) is 2. The zero-order valence-corrected chi connectivity index (χ0v) is 9.09. The first-order valence-electron chi connectivity index (χ1n) is 4.93. The Hall–Kier alpha value is -1.75. The van der Waals surface area contributed by atoms with Crippen molar-refractivity contribution in [3.05, 3.63) is 30.1 Å². The van der Waals surface area contributed by atoms with Crippen LogP contribution in [0.1, 0.15) is 16.8 Å². The standard InChI is InChI=1S/C11H14N2O3/c1-13(7-4-11(15)16)8-10(14)9-2-5-12-6-3-9/h2-3,5-6H,4,7-8H2,1H3,(H,15,16). The van der Waals surface area contributed by atoms with Gasteiger partial charge in [-0.05, 0) is 19.2 Å². The Morgan fingerprint density at radius 3 is 2.56 bits per heavy atom. The van der Waals surface area contributed by atoms with Crippen LogP contribution in [0, 0.1) is 0 Å². The number of Topliss-reactive ketones (excluding diaryl/α,β-unsaturated/α-hetero) is 1. The number of carbonyl (C=O) groups is 2. The van der Waals surface area contributed by atoms with E-state index in [1.165, 1.54) is 0 Å². The predicted molar refractivity (Wildman–Crippen MR) is 58.3 cm³/mol. The predicted octanol–water partition coefficient (Wildman–Crippen LogP) is 0.671. The molecule has 0 fully saturated rings. The molecule has 0 saturated carbocycles. The van der Waals surface area contributed by atoms with Crippen LogP contribution in [0.2, 0.25) is 0 Å². The van der Waals surface area contributed by atoms with E-state index < -0.39 is 5.97 Å². The van der Waals surface area contributed by atoms with Gasteiger partial charge in [0, 0.05) is 24.5 Å². The fourth-order valence-electron chi connectivity index (χ4n) is 1.24. The largest absolute Gasteiger partial charge is 0.481 e. The van der Waals surface area contributed by atoms with Gasteiger partial charge < -0.3 is 5.11 Å². The van der Waals surface area contributed by atoms with Gasteiger partial charge in [-0.15, -0.1) is 0 Å². The van der Waals surface area contributed by atoms with Gasteiger partial charge in [0.15, 0.2) is 5.78 Å². The Morgan fingerprint density at radius 2 is 2.00 bits per heavy atom. The molecule has 1 N–H and O–H groups in total. The molecular formula is C11H14N2O3. The van der Waals surface area contributed by atoms with Gasteiger partial charge in [0.25, 0.3) is 0 Å². The second kappa shape index (κ2) is 5.97. The average molecular weight is 222 g/mol. The molecule has 0 aliphatic carbocycles. The highest BCUT2D eigenvalue weighted by atomic mass is 16.4. The number of aromatic nitrogens is 1. The molecule has 0 radical (unpaired) electrons. The van der Waals surface area contributed by atoms with E-state index in [2.05, 4.69) is 4.98 Å². The molecule has 5 nitrogen and oxygen atoms in total. The molecule has 1 aromatic heterocycles. The zero-order chi connectivity index (χ0) is 12.0. The molecule has 0 amide bonds. The lowest BCUT2D eigenvalue weighted by molar-refractivity contribution is -0.137. The first kappa shape index (κ1) is 12.3. The number of carboxylic acids is 1. The summed E-state index contributed by atoms with van der Waals surface area (Å²) in [6.07, 6.45) is 3.16. The van der Waals surface area contributed by atoms with Crippen molar-refractivity contribution in [2.45, 2.75) is 6.42 Å². The van der Waals surface area contributed by atoms with E-state index >= 15 is 0 Å². The van der Waals surface area contributed by atoms with E-state index in [1.807, 2.05) is 0 Å². The Labute approximate surface area is 93.7 Å². The van der Waals surface area contributed by atoms with Crippen molar-refractivity contribution >= 4 is 11.8 Å². The van der Waals surface area contributed by atoms with Crippen LogP contribution >= 0.6 is 0 Å². The van der Waals surface area contributed by atoms with Crippen molar-refractivity contribution < 1.29 is 14.7 Å². The highest BCUT2D eigenvalue weighted by Gasteiger charge is 2.09. The van der Waals surface area contributed by atoms with Crippen LogP contribution in [0.3, 0.4) is 0 Å². The fourth-order valence-corrected chi connectivity index (χ4v) is 1.24. The number of likely N-dealkylation sites (N-methyl/N-ethyl adjacent to an activating group) is 1. The highest BCUT2D eigenvalue weighted by Crippen LogP contribution is 1.99. The number of hydrogen-bond acceptors (Lipinski definition) is 4. The quantitative estimate of drug-likeness (QED) is 0.716. The molecule has 0 atom stereocenters. The van der Waals surface area contributed by atoms with Crippen molar-refractivity contribution in [3.8, 4) is 0 Å². The molecule has 0 unspecified atom stereocenters. The van der Waals surface area contributed by atoms with Crippen LogP contribution in [-0.2, 0) is 4.79 Å². The lowest BCUT2D eigenvalue weighted by atomic mass is 10.2. The number of hydrogen-bond donors (Lipinski definition) is 1. The first-order chi connectivity index (χ1) is 7.59. The Bertz CT molecular complexity index is 365. The molecule has 86 valence electrons. The molecule has 16 heavy (non-hydrogen) atoms. The van der Waals surface area contributed by atoms with E-state index in [0.29, 0.717) is 12.1 Å². The lowest BCUT2D eigenvalue weighted by Gasteiger charge is -2.13. The van der Waals surface area contributed by atoms with Crippen LogP contribution in [0.5, 0.6) is 0 Å². The molecule has 0 saturated heterocycles. The van der Waals surface area contributed by atoms with Crippen molar-refractivity contribution in [1.82, 2.24) is 9.88 Å². The van der Waals surface area contributed by atoms with Gasteiger partial charge >= 0.3 is 5.97 Å². The molecule has 0 aliphatic heterocycles. The molecule has 0 aliphatic rings. The number of carboxylic acid groups (broad SMARTS) is 1. The number of carbonyl (C=O) groups excluding carboxylic acids is 1. The van der Waals surface area contributed by atoms with Gasteiger partial charge in [0.05, 0.1) is 13.0 Å². The van der Waals surface area contributed by atoms with Gasteiger partial charge in [-0.2, -0.15) is 0 Å². The summed E-state index contributed by atoms with van der Waals surface area (Å²) in [6, 6.07) is 3.29. The summed E-state index contributed by atoms with van der Waals surface area (Å²) in [7, 11) is 1.72. The van der Waals surface area contributed by atoms with Crippen molar-refractivity contribution in [3.63, 3.8) is 0 Å². The lowest BCUT2D eigenvalue weighted by Crippen LogP contribution is -2.28. The third-order valence-corrected chi connectivity index (χ3v) is 2.12. The normalized spacial score (nSPS) is 10.4. The van der Waals surface area contributed by atoms with E-state index in [4.69, 9.17) is 5.11 Å². The topological polar surface area (TPSA) is 70.5 Å². The third kappa shape index (κ3) is 4.18. The van der Waals surface area contributed by atoms with Crippen LogP contribution in [0.4, 0.5) is 0 Å². The van der Waals surface area contributed by atoms with Gasteiger partial charge in [-0.25, -0.2) is 0 Å². The Balaban J connectivity index is 2.43. The van der Waals surface area contributed by atoms with Crippen LogP contribution in [0.15, 0.2) is 24.5 Å². The van der Waals surface area contributed by atoms with E-state index in [1.54, 1.807) is 36.5 Å². The number of ketones is 1. The van der Waals surface area contributed by atoms with Crippen molar-refractivity contribution in [2.24, 2.45) is 0 Å². The summed E-state index contributed by atoms with van der Waals surface area (Å²) >= 11 is 0. The van der Waals surface area contributed by atoms with Gasteiger partial charge in [-0.3, -0.25) is 19.5 Å². The maximum atomic E-state index is 11.7. The summed E-state index contributed by atoms with van der Waals surface area (Å²) in [6.45, 7) is 0.587. The SMILES string of the molecule is CN(CCC(=O)O)CC(=O)c1ccncc1. The van der Waals surface area contributed by atoms with Crippen LogP contribution in [0.25, 0.3) is 0 Å². The van der Waals surface area contributed by atoms with Crippen LogP contribution in [-0.4, -0.2) is 46.9 Å².